The standard InChI is InChI=1S/C12H8I2O.ClH/c13-9-5-1-3-7-11(9)15-12-8-4-2-6-10(12)14;/h1-8H;1H. The highest BCUT2D eigenvalue weighted by molar-refractivity contribution is 14.1. The average Bonchev–Trinajstić information content (AvgIpc) is 2.24. The molecule has 0 aliphatic heterocycles. The maximum atomic E-state index is 5.82. The number of ether oxygens (including phenoxy) is 1. The Hall–Kier alpha value is -0.0100. The van der Waals surface area contributed by atoms with Gasteiger partial charge in [0.2, 0.25) is 0 Å². The Bertz CT molecular complexity index is 431. The maximum absolute atomic E-state index is 5.82. The molecule has 84 valence electrons. The van der Waals surface area contributed by atoms with Gasteiger partial charge in [0.15, 0.2) is 0 Å². The van der Waals surface area contributed by atoms with Crippen LogP contribution in [0.15, 0.2) is 48.5 Å². The molecule has 0 saturated heterocycles. The topological polar surface area (TPSA) is 9.23 Å². The van der Waals surface area contributed by atoms with Gasteiger partial charge in [-0.25, -0.2) is 0 Å². The summed E-state index contributed by atoms with van der Waals surface area (Å²) in [5, 5.41) is 0. The first-order chi connectivity index (χ1) is 7.27. The molecule has 0 spiro atoms. The first-order valence-corrected chi connectivity index (χ1v) is 6.60. The van der Waals surface area contributed by atoms with E-state index in [0.29, 0.717) is 0 Å². The maximum Gasteiger partial charge on any atom is 0.140 e. The second kappa shape index (κ2) is 6.66. The molecule has 0 unspecified atom stereocenters. The van der Waals surface area contributed by atoms with Crippen molar-refractivity contribution in [3.8, 4) is 11.5 Å². The van der Waals surface area contributed by atoms with Crippen LogP contribution in [-0.2, 0) is 0 Å². The lowest BCUT2D eigenvalue weighted by Gasteiger charge is -2.08. The summed E-state index contributed by atoms with van der Waals surface area (Å²) in [5.41, 5.74) is 0. The van der Waals surface area contributed by atoms with Crippen molar-refractivity contribution in [1.82, 2.24) is 0 Å². The van der Waals surface area contributed by atoms with Crippen molar-refractivity contribution >= 4 is 57.6 Å². The second-order valence-corrected chi connectivity index (χ2v) is 5.29. The van der Waals surface area contributed by atoms with Crippen LogP contribution in [0.4, 0.5) is 0 Å². The number of benzene rings is 2. The van der Waals surface area contributed by atoms with Gasteiger partial charge in [-0.15, -0.1) is 12.4 Å². The molecule has 0 aliphatic rings. The highest BCUT2D eigenvalue weighted by Crippen LogP contribution is 2.29. The van der Waals surface area contributed by atoms with Crippen LogP contribution in [-0.4, -0.2) is 0 Å². The molecule has 4 heteroatoms. The Kier molecular flexibility index (Phi) is 5.85. The van der Waals surface area contributed by atoms with Gasteiger partial charge in [-0.2, -0.15) is 0 Å². The van der Waals surface area contributed by atoms with Gasteiger partial charge in [0.05, 0.1) is 7.14 Å². The monoisotopic (exact) mass is 458 g/mol. The molecule has 0 amide bonds. The molecule has 16 heavy (non-hydrogen) atoms. The van der Waals surface area contributed by atoms with Crippen LogP contribution in [0.2, 0.25) is 0 Å². The Morgan fingerprint density at radius 3 is 1.44 bits per heavy atom. The number of rotatable bonds is 2. The normalized spacial score (nSPS) is 9.38. The molecule has 0 radical (unpaired) electrons. The number of hydrogen-bond acceptors (Lipinski definition) is 1. The second-order valence-electron chi connectivity index (χ2n) is 2.96. The van der Waals surface area contributed by atoms with Crippen molar-refractivity contribution in [3.63, 3.8) is 0 Å². The van der Waals surface area contributed by atoms with E-state index >= 15 is 0 Å². The minimum absolute atomic E-state index is 0. The molecule has 1 nitrogen and oxygen atoms in total. The molecule has 0 aliphatic carbocycles. The van der Waals surface area contributed by atoms with Gasteiger partial charge in [-0.05, 0) is 69.4 Å². The smallest absolute Gasteiger partial charge is 0.140 e. The molecule has 2 aromatic rings. The molecule has 2 aromatic carbocycles. The molecule has 0 atom stereocenters. The predicted molar refractivity (Wildman–Crippen MR) is 85.6 cm³/mol. The lowest BCUT2D eigenvalue weighted by Crippen LogP contribution is -1.88. The van der Waals surface area contributed by atoms with Gasteiger partial charge in [0, 0.05) is 0 Å². The van der Waals surface area contributed by atoms with Gasteiger partial charge in [0.25, 0.3) is 0 Å². The van der Waals surface area contributed by atoms with E-state index < -0.39 is 0 Å². The van der Waals surface area contributed by atoms with Crippen molar-refractivity contribution in [1.29, 1.82) is 0 Å². The van der Waals surface area contributed by atoms with Crippen LogP contribution in [0.1, 0.15) is 0 Å². The van der Waals surface area contributed by atoms with Gasteiger partial charge in [-0.1, -0.05) is 24.3 Å². The summed E-state index contributed by atoms with van der Waals surface area (Å²) in [6.07, 6.45) is 0. The minimum Gasteiger partial charge on any atom is -0.455 e. The van der Waals surface area contributed by atoms with Gasteiger partial charge < -0.3 is 4.74 Å². The number of halogens is 3. The van der Waals surface area contributed by atoms with Crippen LogP contribution in [0, 0.1) is 7.14 Å². The number of para-hydroxylation sites is 2. The van der Waals surface area contributed by atoms with Crippen LogP contribution in [0.5, 0.6) is 11.5 Å². The van der Waals surface area contributed by atoms with Crippen LogP contribution < -0.4 is 4.74 Å². The summed E-state index contributed by atoms with van der Waals surface area (Å²) in [5.74, 6) is 1.81. The van der Waals surface area contributed by atoms with Gasteiger partial charge >= 0.3 is 0 Å². The fourth-order valence-electron chi connectivity index (χ4n) is 1.17. The molecular formula is C12H9ClI2O. The molecule has 0 heterocycles. The molecule has 0 fully saturated rings. The summed E-state index contributed by atoms with van der Waals surface area (Å²) in [7, 11) is 0. The quantitative estimate of drug-likeness (QED) is 0.569. The van der Waals surface area contributed by atoms with E-state index in [-0.39, 0.29) is 12.4 Å². The first kappa shape index (κ1) is 14.1. The SMILES string of the molecule is Cl.Ic1ccccc1Oc1ccccc1I. The average molecular weight is 458 g/mol. The highest BCUT2D eigenvalue weighted by atomic mass is 127. The van der Waals surface area contributed by atoms with E-state index in [4.69, 9.17) is 4.74 Å². The largest absolute Gasteiger partial charge is 0.455 e. The molecule has 0 N–H and O–H groups in total. The van der Waals surface area contributed by atoms with E-state index in [1.54, 1.807) is 0 Å². The fourth-order valence-corrected chi connectivity index (χ4v) is 2.17. The van der Waals surface area contributed by atoms with E-state index in [9.17, 15) is 0 Å². The Morgan fingerprint density at radius 1 is 0.688 bits per heavy atom. The Balaban J connectivity index is 0.00000128. The molecule has 0 aromatic heterocycles. The van der Waals surface area contributed by atoms with Crippen molar-refractivity contribution in [3.05, 3.63) is 55.7 Å². The Labute approximate surface area is 128 Å². The first-order valence-electron chi connectivity index (χ1n) is 4.44. The van der Waals surface area contributed by atoms with Crippen molar-refractivity contribution in [2.45, 2.75) is 0 Å². The third kappa shape index (κ3) is 3.49. The molecule has 0 saturated carbocycles. The zero-order valence-corrected chi connectivity index (χ0v) is 13.3. The van der Waals surface area contributed by atoms with Crippen molar-refractivity contribution in [2.75, 3.05) is 0 Å². The van der Waals surface area contributed by atoms with Crippen molar-refractivity contribution in [2.24, 2.45) is 0 Å². The van der Waals surface area contributed by atoms with E-state index in [0.717, 1.165) is 18.6 Å². The summed E-state index contributed by atoms with van der Waals surface area (Å²) in [6.45, 7) is 0. The summed E-state index contributed by atoms with van der Waals surface area (Å²) < 4.78 is 8.07. The van der Waals surface area contributed by atoms with Crippen molar-refractivity contribution < 1.29 is 4.74 Å². The summed E-state index contributed by atoms with van der Waals surface area (Å²) >= 11 is 4.54. The predicted octanol–water partition coefficient (Wildman–Crippen LogP) is 5.11. The highest BCUT2D eigenvalue weighted by Gasteiger charge is 2.03. The lowest BCUT2D eigenvalue weighted by molar-refractivity contribution is 0.476. The number of hydrogen-bond donors (Lipinski definition) is 0. The molecule has 2 rings (SSSR count). The molecule has 0 bridgehead atoms. The van der Waals surface area contributed by atoms with E-state index in [1.807, 2.05) is 48.5 Å². The van der Waals surface area contributed by atoms with Gasteiger partial charge in [-0.3, -0.25) is 0 Å². The zero-order chi connectivity index (χ0) is 10.7. The Morgan fingerprint density at radius 2 is 1.06 bits per heavy atom. The fraction of sp³-hybridized carbons (Fsp3) is 0. The lowest BCUT2D eigenvalue weighted by atomic mass is 10.3. The minimum atomic E-state index is 0. The molecular weight excluding hydrogens is 449 g/mol. The van der Waals surface area contributed by atoms with E-state index in [1.165, 1.54) is 0 Å². The van der Waals surface area contributed by atoms with E-state index in [2.05, 4.69) is 45.2 Å². The van der Waals surface area contributed by atoms with Crippen LogP contribution >= 0.6 is 57.6 Å². The zero-order valence-electron chi connectivity index (χ0n) is 8.19. The summed E-state index contributed by atoms with van der Waals surface area (Å²) in [6, 6.07) is 16.0. The third-order valence-electron chi connectivity index (χ3n) is 1.89. The summed E-state index contributed by atoms with van der Waals surface area (Å²) in [4.78, 5) is 0. The van der Waals surface area contributed by atoms with Crippen LogP contribution in [0.3, 0.4) is 0 Å². The van der Waals surface area contributed by atoms with Gasteiger partial charge in [0.1, 0.15) is 11.5 Å². The third-order valence-corrected chi connectivity index (χ3v) is 3.68. The van der Waals surface area contributed by atoms with Crippen LogP contribution in [0.25, 0.3) is 0 Å².